The van der Waals surface area contributed by atoms with Crippen LogP contribution in [0.15, 0.2) is 60.7 Å². The zero-order chi connectivity index (χ0) is 27.1. The van der Waals surface area contributed by atoms with E-state index in [9.17, 15) is 28.8 Å². The van der Waals surface area contributed by atoms with Crippen molar-refractivity contribution in [1.82, 2.24) is 21.7 Å². The Bertz CT molecular complexity index is 1130. The van der Waals surface area contributed by atoms with Crippen molar-refractivity contribution in [2.45, 2.75) is 50.6 Å². The van der Waals surface area contributed by atoms with Crippen LogP contribution in [-0.4, -0.2) is 47.5 Å². The summed E-state index contributed by atoms with van der Waals surface area (Å²) in [4.78, 5) is 76.0. The minimum absolute atomic E-state index is 0.0701. The molecule has 0 bridgehead atoms. The number of carbonyl (C=O) groups excluding carboxylic acids is 6. The molecule has 198 valence electrons. The van der Waals surface area contributed by atoms with Gasteiger partial charge in [-0.05, 0) is 37.1 Å². The maximum atomic E-state index is 12.5. The summed E-state index contributed by atoms with van der Waals surface area (Å²) in [6.07, 6.45) is 0.868. The third kappa shape index (κ3) is 6.28. The molecule has 0 unspecified atom stereocenters. The van der Waals surface area contributed by atoms with E-state index in [1.165, 1.54) is 0 Å². The van der Waals surface area contributed by atoms with Crippen LogP contribution >= 0.6 is 0 Å². The second-order valence-electron chi connectivity index (χ2n) is 8.91. The number of hydrogen-bond acceptors (Lipinski definition) is 8. The number of nitrogens with one attached hydrogen (secondary N) is 4. The van der Waals surface area contributed by atoms with E-state index in [1.54, 1.807) is 60.7 Å². The van der Waals surface area contributed by atoms with Gasteiger partial charge in [0.1, 0.15) is 12.1 Å². The largest absolute Gasteiger partial charge is 0.291 e. The first kappa shape index (κ1) is 26.6. The van der Waals surface area contributed by atoms with Crippen molar-refractivity contribution in [1.29, 1.82) is 0 Å². The van der Waals surface area contributed by atoms with E-state index in [0.29, 0.717) is 24.2 Å². The van der Waals surface area contributed by atoms with Crippen LogP contribution in [-0.2, 0) is 28.8 Å². The van der Waals surface area contributed by atoms with Crippen molar-refractivity contribution in [3.05, 3.63) is 60.7 Å². The zero-order valence-electron chi connectivity index (χ0n) is 20.5. The molecule has 2 heterocycles. The molecule has 0 aromatic heterocycles. The number of benzene rings is 2. The third-order valence-electron chi connectivity index (χ3n) is 6.15. The average molecular weight is 521 g/mol. The van der Waals surface area contributed by atoms with Gasteiger partial charge in [-0.15, -0.1) is 0 Å². The van der Waals surface area contributed by atoms with Gasteiger partial charge in [-0.1, -0.05) is 36.4 Å². The van der Waals surface area contributed by atoms with Crippen LogP contribution in [0.25, 0.3) is 0 Å². The second-order valence-corrected chi connectivity index (χ2v) is 8.91. The lowest BCUT2D eigenvalue weighted by molar-refractivity contribution is -0.126. The van der Waals surface area contributed by atoms with Gasteiger partial charge in [0.2, 0.25) is 23.6 Å². The minimum atomic E-state index is -0.855. The van der Waals surface area contributed by atoms with Crippen molar-refractivity contribution in [3.8, 4) is 0 Å². The minimum Gasteiger partial charge on any atom is -0.291 e. The SMILES string of the molecule is O=C(CCCCC(=O)NN[C@H]1CC(=O)N(c2ccccc2)C1=O)NN[C@H]1CC(=O)N(c2ccccc2)C1=O. The molecule has 2 atom stereocenters. The first-order chi connectivity index (χ1) is 18.3. The quantitative estimate of drug-likeness (QED) is 0.189. The smallest absolute Gasteiger partial charge is 0.253 e. The highest BCUT2D eigenvalue weighted by molar-refractivity contribution is 6.23. The molecule has 0 aliphatic carbocycles. The predicted octanol–water partition coefficient (Wildman–Crippen LogP) is 0.453. The van der Waals surface area contributed by atoms with Gasteiger partial charge in [0.05, 0.1) is 24.2 Å². The lowest BCUT2D eigenvalue weighted by Gasteiger charge is -2.16. The fourth-order valence-corrected chi connectivity index (χ4v) is 4.22. The Morgan fingerprint density at radius 3 is 1.37 bits per heavy atom. The van der Waals surface area contributed by atoms with Crippen LogP contribution in [0.4, 0.5) is 11.4 Å². The summed E-state index contributed by atoms with van der Waals surface area (Å²) in [5, 5.41) is 0. The van der Waals surface area contributed by atoms with Crippen LogP contribution in [0.3, 0.4) is 0 Å². The highest BCUT2D eigenvalue weighted by Gasteiger charge is 2.40. The van der Waals surface area contributed by atoms with Gasteiger partial charge >= 0.3 is 0 Å². The van der Waals surface area contributed by atoms with Crippen molar-refractivity contribution in [2.75, 3.05) is 9.80 Å². The molecule has 4 rings (SSSR count). The third-order valence-corrected chi connectivity index (χ3v) is 6.15. The normalized spacial score (nSPS) is 19.3. The molecule has 6 amide bonds. The first-order valence-electron chi connectivity index (χ1n) is 12.3. The summed E-state index contributed by atoms with van der Waals surface area (Å²) < 4.78 is 0. The summed E-state index contributed by atoms with van der Waals surface area (Å²) in [5.41, 5.74) is 11.1. The number of unbranched alkanes of at least 4 members (excludes halogenated alkanes) is 1. The van der Waals surface area contributed by atoms with E-state index in [-0.39, 0.29) is 49.3 Å². The maximum Gasteiger partial charge on any atom is 0.253 e. The number of amides is 6. The predicted molar refractivity (Wildman–Crippen MR) is 136 cm³/mol. The van der Waals surface area contributed by atoms with Crippen LogP contribution in [0.1, 0.15) is 38.5 Å². The summed E-state index contributed by atoms with van der Waals surface area (Å²) in [5.74, 6) is -2.36. The van der Waals surface area contributed by atoms with Crippen LogP contribution in [0.5, 0.6) is 0 Å². The highest BCUT2D eigenvalue weighted by atomic mass is 16.2. The number of hydrazine groups is 2. The van der Waals surface area contributed by atoms with Crippen molar-refractivity contribution in [3.63, 3.8) is 0 Å². The Kier molecular flexibility index (Phi) is 8.56. The number of anilines is 2. The maximum absolute atomic E-state index is 12.5. The molecular weight excluding hydrogens is 492 g/mol. The van der Waals surface area contributed by atoms with E-state index in [1.807, 2.05) is 0 Å². The van der Waals surface area contributed by atoms with Crippen molar-refractivity contribution in [2.24, 2.45) is 0 Å². The number of carbonyl (C=O) groups is 6. The van der Waals surface area contributed by atoms with Gasteiger partial charge in [-0.25, -0.2) is 20.7 Å². The molecule has 2 saturated heterocycles. The molecule has 2 aliphatic heterocycles. The van der Waals surface area contributed by atoms with E-state index < -0.39 is 23.9 Å². The van der Waals surface area contributed by atoms with E-state index in [2.05, 4.69) is 21.7 Å². The Balaban J connectivity index is 1.11. The van der Waals surface area contributed by atoms with Gasteiger partial charge in [0, 0.05) is 12.8 Å². The van der Waals surface area contributed by atoms with Crippen LogP contribution < -0.4 is 31.5 Å². The number of imide groups is 2. The Hall–Kier alpha value is -4.42. The lowest BCUT2D eigenvalue weighted by Crippen LogP contribution is -2.48. The average Bonchev–Trinajstić information content (AvgIpc) is 3.37. The fraction of sp³-hybridized carbons (Fsp3) is 0.308. The Morgan fingerprint density at radius 1 is 0.632 bits per heavy atom. The van der Waals surface area contributed by atoms with Crippen LogP contribution in [0.2, 0.25) is 0 Å². The molecule has 12 nitrogen and oxygen atoms in total. The topological polar surface area (TPSA) is 157 Å². The molecule has 2 aromatic rings. The van der Waals surface area contributed by atoms with Gasteiger partial charge in [0.15, 0.2) is 0 Å². The summed E-state index contributed by atoms with van der Waals surface area (Å²) in [6.45, 7) is 0. The molecule has 38 heavy (non-hydrogen) atoms. The number of nitrogens with zero attached hydrogens (tertiary/aromatic N) is 2. The molecule has 0 spiro atoms. The molecule has 0 saturated carbocycles. The standard InChI is InChI=1S/C26H28N6O6/c33-21(29-27-19-15-23(35)31(25(19)37)17-9-3-1-4-10-17)13-7-8-14-22(34)30-28-20-16-24(36)32(26(20)38)18-11-5-2-6-12-18/h1-6,9-12,19-20,27-28H,7-8,13-16H2,(H,29,33)(H,30,34)/t19-,20-/m0/s1. The zero-order valence-corrected chi connectivity index (χ0v) is 20.5. The highest BCUT2D eigenvalue weighted by Crippen LogP contribution is 2.23. The van der Waals surface area contributed by atoms with Crippen molar-refractivity contribution < 1.29 is 28.8 Å². The second kappa shape index (κ2) is 12.2. The molecule has 2 aromatic carbocycles. The lowest BCUT2D eigenvalue weighted by atomic mass is 10.2. The fourth-order valence-electron chi connectivity index (χ4n) is 4.22. The number of para-hydroxylation sites is 2. The van der Waals surface area contributed by atoms with Gasteiger partial charge in [-0.2, -0.15) is 0 Å². The van der Waals surface area contributed by atoms with E-state index in [4.69, 9.17) is 0 Å². The summed E-state index contributed by atoms with van der Waals surface area (Å²) in [6, 6.07) is 15.4. The summed E-state index contributed by atoms with van der Waals surface area (Å²) >= 11 is 0. The van der Waals surface area contributed by atoms with E-state index in [0.717, 1.165) is 9.80 Å². The molecule has 12 heteroatoms. The molecule has 4 N–H and O–H groups in total. The van der Waals surface area contributed by atoms with Gasteiger partial charge in [-0.3, -0.25) is 39.6 Å². The van der Waals surface area contributed by atoms with Gasteiger partial charge in [0.25, 0.3) is 11.8 Å². The molecule has 0 radical (unpaired) electrons. The van der Waals surface area contributed by atoms with Crippen molar-refractivity contribution >= 4 is 46.8 Å². The first-order valence-corrected chi connectivity index (χ1v) is 12.3. The van der Waals surface area contributed by atoms with Crippen LogP contribution in [0, 0.1) is 0 Å². The summed E-state index contributed by atoms with van der Waals surface area (Å²) in [7, 11) is 0. The molecule has 2 aliphatic rings. The Morgan fingerprint density at radius 2 is 1.00 bits per heavy atom. The molecule has 2 fully saturated rings. The number of rotatable bonds is 11. The Labute approximate surface area is 218 Å². The number of hydrogen-bond donors (Lipinski definition) is 4. The molecular formula is C26H28N6O6. The van der Waals surface area contributed by atoms with Gasteiger partial charge < -0.3 is 0 Å². The van der Waals surface area contributed by atoms with E-state index >= 15 is 0 Å². The monoisotopic (exact) mass is 520 g/mol.